The highest BCUT2D eigenvalue weighted by molar-refractivity contribution is 7.87. The van der Waals surface area contributed by atoms with Crippen molar-refractivity contribution in [2.45, 2.75) is 87.5 Å². The number of aliphatic hydroxyl groups excluding tert-OH is 2. The van der Waals surface area contributed by atoms with Gasteiger partial charge in [0.05, 0.1) is 16.7 Å². The van der Waals surface area contributed by atoms with E-state index >= 15 is 0 Å². The standard InChI is InChI=1S/C22H27F3O13S/c1-4-5-6-9-10(38-39(32,33)22(23,24)25)7-34-16(30)21-18(3,19(9)12(27)15(29)36-17(19)37-21)11(26)13-20(21,31)8(2)14(28)35-13/h8-13,17,26-27,31H,4-7H2,1-3H3/t8-,9-,10+,11+,12+,13?,17?,18?,19?,20-,21?/m1/s1. The van der Waals surface area contributed by atoms with Gasteiger partial charge in [0, 0.05) is 5.92 Å². The number of hydrogen-bond acceptors (Lipinski definition) is 13. The molecule has 0 aromatic carbocycles. The van der Waals surface area contributed by atoms with Crippen molar-refractivity contribution >= 4 is 28.0 Å². The summed E-state index contributed by atoms with van der Waals surface area (Å²) in [6.45, 7) is 2.87. The first-order valence-electron chi connectivity index (χ1n) is 12.2. The molecular formula is C22H27F3O13S. The molecule has 17 heteroatoms. The Kier molecular flexibility index (Phi) is 6.03. The Balaban J connectivity index is 1.80. The Labute approximate surface area is 219 Å². The minimum Gasteiger partial charge on any atom is -0.461 e. The highest BCUT2D eigenvalue weighted by Gasteiger charge is 2.97. The molecule has 11 atom stereocenters. The highest BCUT2D eigenvalue weighted by Crippen LogP contribution is 2.77. The molecule has 5 unspecified atom stereocenters. The molecule has 0 radical (unpaired) electrons. The number of unbranched alkanes of at least 4 members (excludes halogenated alkanes) is 1. The van der Waals surface area contributed by atoms with E-state index in [4.69, 9.17) is 18.9 Å². The lowest BCUT2D eigenvalue weighted by atomic mass is 9.48. The molecule has 5 aliphatic rings. The second kappa shape index (κ2) is 8.25. The first kappa shape index (κ1) is 28.5. The number of fused-ring (bicyclic) bond motifs is 1. The van der Waals surface area contributed by atoms with Crippen molar-refractivity contribution in [3.05, 3.63) is 0 Å². The summed E-state index contributed by atoms with van der Waals surface area (Å²) in [7, 11) is -6.30. The van der Waals surface area contributed by atoms with Gasteiger partial charge in [-0.15, -0.1) is 0 Å². The van der Waals surface area contributed by atoms with Gasteiger partial charge in [0.1, 0.15) is 18.8 Å². The maximum atomic E-state index is 13.8. The molecule has 220 valence electrons. The smallest absolute Gasteiger partial charge is 0.461 e. The van der Waals surface area contributed by atoms with E-state index in [0.29, 0.717) is 6.42 Å². The zero-order chi connectivity index (χ0) is 29.1. The summed E-state index contributed by atoms with van der Waals surface area (Å²) >= 11 is 0. The van der Waals surface area contributed by atoms with Gasteiger partial charge in [0.25, 0.3) is 0 Å². The van der Waals surface area contributed by atoms with Crippen LogP contribution in [0.5, 0.6) is 0 Å². The van der Waals surface area contributed by atoms with Crippen LogP contribution in [0.1, 0.15) is 40.0 Å². The Hall–Kier alpha value is -2.05. The van der Waals surface area contributed by atoms with E-state index < -0.39 is 105 Å². The maximum Gasteiger partial charge on any atom is 0.523 e. The van der Waals surface area contributed by atoms with E-state index in [1.54, 1.807) is 6.92 Å². The number of rotatable bonds is 5. The number of carbonyl (C=O) groups excluding carboxylic acids is 3. The van der Waals surface area contributed by atoms with Gasteiger partial charge in [-0.3, -0.25) is 8.98 Å². The van der Waals surface area contributed by atoms with E-state index in [2.05, 4.69) is 4.18 Å². The van der Waals surface area contributed by atoms with Crippen LogP contribution in [-0.2, 0) is 47.6 Å². The first-order chi connectivity index (χ1) is 17.9. The van der Waals surface area contributed by atoms with Crippen LogP contribution in [0.4, 0.5) is 13.2 Å². The van der Waals surface area contributed by atoms with Crippen LogP contribution in [-0.4, -0.2) is 95.7 Å². The fourth-order valence-electron chi connectivity index (χ4n) is 7.69. The summed E-state index contributed by atoms with van der Waals surface area (Å²) in [5.41, 5.74) is -16.0. The van der Waals surface area contributed by atoms with Crippen molar-refractivity contribution in [1.82, 2.24) is 0 Å². The number of carbonyl (C=O) groups is 3. The van der Waals surface area contributed by atoms with Crippen LogP contribution in [0.2, 0.25) is 0 Å². The minimum atomic E-state index is -6.30. The lowest BCUT2D eigenvalue weighted by Gasteiger charge is -2.53. The minimum absolute atomic E-state index is 0.179. The Bertz CT molecular complexity index is 1220. The predicted octanol–water partition coefficient (Wildman–Crippen LogP) is -0.743. The summed E-state index contributed by atoms with van der Waals surface area (Å²) in [6.07, 6.45) is -10.0. The fraction of sp³-hybridized carbons (Fsp3) is 0.864. The van der Waals surface area contributed by atoms with Gasteiger partial charge in [-0.25, -0.2) is 9.59 Å². The summed E-state index contributed by atoms with van der Waals surface area (Å²) < 4.78 is 90.4. The summed E-state index contributed by atoms with van der Waals surface area (Å²) in [5, 5.41) is 35.0. The monoisotopic (exact) mass is 588 g/mol. The molecule has 4 heterocycles. The molecule has 3 N–H and O–H groups in total. The molecular weight excluding hydrogens is 561 g/mol. The fourth-order valence-corrected chi connectivity index (χ4v) is 8.32. The van der Waals surface area contributed by atoms with Crippen LogP contribution in [0, 0.1) is 22.7 Å². The maximum absolute atomic E-state index is 13.8. The molecule has 0 amide bonds. The van der Waals surface area contributed by atoms with Crippen LogP contribution in [0.25, 0.3) is 0 Å². The van der Waals surface area contributed by atoms with Crippen molar-refractivity contribution in [3.63, 3.8) is 0 Å². The number of halogens is 3. The normalized spacial score (nSPS) is 48.9. The largest absolute Gasteiger partial charge is 0.523 e. The zero-order valence-corrected chi connectivity index (χ0v) is 21.7. The molecule has 5 rings (SSSR count). The average Bonchev–Trinajstić information content (AvgIpc) is 3.38. The molecule has 2 bridgehead atoms. The molecule has 1 saturated carbocycles. The number of aliphatic hydroxyl groups is 3. The van der Waals surface area contributed by atoms with E-state index in [1.165, 1.54) is 6.92 Å². The van der Waals surface area contributed by atoms with Gasteiger partial charge in [-0.1, -0.05) is 26.7 Å². The topological polar surface area (TPSA) is 192 Å². The van der Waals surface area contributed by atoms with E-state index in [0.717, 1.165) is 6.92 Å². The third kappa shape index (κ3) is 2.93. The number of esters is 3. The predicted molar refractivity (Wildman–Crippen MR) is 114 cm³/mol. The quantitative estimate of drug-likeness (QED) is 0.158. The third-order valence-electron chi connectivity index (χ3n) is 9.47. The summed E-state index contributed by atoms with van der Waals surface area (Å²) in [6, 6.07) is 0. The van der Waals surface area contributed by atoms with Crippen molar-refractivity contribution in [2.75, 3.05) is 6.61 Å². The van der Waals surface area contributed by atoms with E-state index in [-0.39, 0.29) is 12.8 Å². The molecule has 0 aromatic rings. The van der Waals surface area contributed by atoms with Gasteiger partial charge in [0.2, 0.25) is 11.9 Å². The van der Waals surface area contributed by atoms with Crippen LogP contribution >= 0.6 is 0 Å². The zero-order valence-electron chi connectivity index (χ0n) is 20.8. The first-order valence-corrected chi connectivity index (χ1v) is 13.7. The Morgan fingerprint density at radius 3 is 2.36 bits per heavy atom. The van der Waals surface area contributed by atoms with Gasteiger partial charge >= 0.3 is 33.5 Å². The second-order valence-electron chi connectivity index (χ2n) is 10.8. The number of hydrogen-bond donors (Lipinski definition) is 3. The third-order valence-corrected chi connectivity index (χ3v) is 10.5. The van der Waals surface area contributed by atoms with Gasteiger partial charge in [-0.05, 0) is 13.3 Å². The van der Waals surface area contributed by atoms with E-state index in [1.807, 2.05) is 0 Å². The number of ether oxygens (including phenoxy) is 4. The van der Waals surface area contributed by atoms with E-state index in [9.17, 15) is 51.3 Å². The molecule has 5 fully saturated rings. The van der Waals surface area contributed by atoms with Crippen LogP contribution in [0.15, 0.2) is 0 Å². The molecule has 1 aliphatic carbocycles. The lowest BCUT2D eigenvalue weighted by Crippen LogP contribution is -2.71. The van der Waals surface area contributed by atoms with Crippen LogP contribution < -0.4 is 0 Å². The lowest BCUT2D eigenvalue weighted by molar-refractivity contribution is -0.248. The van der Waals surface area contributed by atoms with Crippen molar-refractivity contribution in [1.29, 1.82) is 0 Å². The number of cyclic esters (lactones) is 1. The Morgan fingerprint density at radius 1 is 1.13 bits per heavy atom. The average molecular weight is 589 g/mol. The second-order valence-corrected chi connectivity index (χ2v) is 12.4. The van der Waals surface area contributed by atoms with Gasteiger partial charge in [0.15, 0.2) is 17.8 Å². The molecule has 4 aliphatic heterocycles. The Morgan fingerprint density at radius 2 is 1.77 bits per heavy atom. The number of alkyl halides is 3. The molecule has 4 saturated heterocycles. The summed E-state index contributed by atoms with van der Waals surface area (Å²) in [5.74, 6) is -6.99. The van der Waals surface area contributed by atoms with Gasteiger partial charge < -0.3 is 34.3 Å². The SMILES string of the molecule is CCCC[C@@H]1[C@@H](OS(=O)(=O)C(F)(F)F)COC(=O)C23OC4OC(=O)[C@H](O)C41C2(C)[C@@H](O)C1OC(=O)[C@@H](C)[C@@]13O. The summed E-state index contributed by atoms with van der Waals surface area (Å²) in [4.78, 5) is 39.1. The molecule has 39 heavy (non-hydrogen) atoms. The molecule has 1 spiro atoms. The van der Waals surface area contributed by atoms with Gasteiger partial charge in [-0.2, -0.15) is 21.6 Å². The van der Waals surface area contributed by atoms with Crippen LogP contribution in [0.3, 0.4) is 0 Å². The molecule has 13 nitrogen and oxygen atoms in total. The molecule has 0 aromatic heterocycles. The van der Waals surface area contributed by atoms with Crippen molar-refractivity contribution in [3.8, 4) is 0 Å². The van der Waals surface area contributed by atoms with Crippen molar-refractivity contribution in [2.24, 2.45) is 22.7 Å². The van der Waals surface area contributed by atoms with Crippen molar-refractivity contribution < 1.29 is 74.4 Å². The highest BCUT2D eigenvalue weighted by atomic mass is 32.2.